The van der Waals surface area contributed by atoms with E-state index in [-0.39, 0.29) is 12.1 Å². The van der Waals surface area contributed by atoms with Crippen LogP contribution in [0.4, 0.5) is 17.6 Å². The lowest BCUT2D eigenvalue weighted by molar-refractivity contribution is 0.246. The van der Waals surface area contributed by atoms with Crippen LogP contribution in [-0.4, -0.2) is 22.6 Å². The number of ether oxygens (including phenoxy) is 1. The van der Waals surface area contributed by atoms with Gasteiger partial charge < -0.3 is 21.2 Å². The number of hydrazine groups is 1. The highest BCUT2D eigenvalue weighted by molar-refractivity contribution is 5.50. The van der Waals surface area contributed by atoms with Gasteiger partial charge in [0.05, 0.1) is 6.54 Å². The van der Waals surface area contributed by atoms with Crippen LogP contribution >= 0.6 is 0 Å². The van der Waals surface area contributed by atoms with Gasteiger partial charge in [-0.05, 0) is 11.6 Å². The van der Waals surface area contributed by atoms with E-state index in [1.165, 1.54) is 5.56 Å². The maximum absolute atomic E-state index is 5.84. The SMILES string of the molecule is NNc1cc(NCC2Cc3ccccc3O2)nc(N)n1. The second kappa shape index (κ2) is 5.22. The maximum Gasteiger partial charge on any atom is 0.223 e. The normalized spacial score (nSPS) is 16.4. The van der Waals surface area contributed by atoms with Crippen molar-refractivity contribution in [2.45, 2.75) is 12.5 Å². The Hall–Kier alpha value is -2.54. The monoisotopic (exact) mass is 272 g/mol. The van der Waals surface area contributed by atoms with Crippen LogP contribution in [-0.2, 0) is 6.42 Å². The summed E-state index contributed by atoms with van der Waals surface area (Å²) in [4.78, 5) is 8.02. The summed E-state index contributed by atoms with van der Waals surface area (Å²) < 4.78 is 5.84. The molecule has 7 nitrogen and oxygen atoms in total. The summed E-state index contributed by atoms with van der Waals surface area (Å²) in [6.07, 6.45) is 0.962. The Morgan fingerprint density at radius 1 is 1.25 bits per heavy atom. The Morgan fingerprint density at radius 3 is 2.85 bits per heavy atom. The molecule has 0 spiro atoms. The Morgan fingerprint density at radius 2 is 2.05 bits per heavy atom. The molecular weight excluding hydrogens is 256 g/mol. The summed E-state index contributed by atoms with van der Waals surface area (Å²) >= 11 is 0. The van der Waals surface area contributed by atoms with Gasteiger partial charge in [-0.1, -0.05) is 18.2 Å². The number of rotatable bonds is 4. The summed E-state index contributed by atoms with van der Waals surface area (Å²) in [5.41, 5.74) is 9.27. The van der Waals surface area contributed by atoms with Crippen LogP contribution in [0.25, 0.3) is 0 Å². The predicted molar refractivity (Wildman–Crippen MR) is 77.3 cm³/mol. The van der Waals surface area contributed by atoms with Crippen molar-refractivity contribution in [1.29, 1.82) is 0 Å². The van der Waals surface area contributed by atoms with Crippen molar-refractivity contribution in [3.63, 3.8) is 0 Å². The summed E-state index contributed by atoms with van der Waals surface area (Å²) in [6, 6.07) is 9.74. The molecule has 2 aromatic rings. The van der Waals surface area contributed by atoms with E-state index in [0.29, 0.717) is 18.2 Å². The van der Waals surface area contributed by atoms with Gasteiger partial charge in [-0.15, -0.1) is 0 Å². The summed E-state index contributed by atoms with van der Waals surface area (Å²) in [5.74, 6) is 7.51. The molecule has 0 radical (unpaired) electrons. The van der Waals surface area contributed by atoms with E-state index in [2.05, 4.69) is 26.8 Å². The molecule has 2 heterocycles. The molecule has 104 valence electrons. The van der Waals surface area contributed by atoms with Gasteiger partial charge in [-0.25, -0.2) is 5.84 Å². The average Bonchev–Trinajstić information content (AvgIpc) is 2.87. The number of hydrogen-bond donors (Lipinski definition) is 4. The van der Waals surface area contributed by atoms with Crippen LogP contribution in [0.1, 0.15) is 5.56 Å². The number of fused-ring (bicyclic) bond motifs is 1. The number of nitrogens with one attached hydrogen (secondary N) is 2. The topological polar surface area (TPSA) is 111 Å². The quantitative estimate of drug-likeness (QED) is 0.480. The molecular formula is C13H16N6O. The Kier molecular flexibility index (Phi) is 3.26. The Bertz CT molecular complexity index is 593. The highest BCUT2D eigenvalue weighted by Gasteiger charge is 2.22. The molecule has 6 N–H and O–H groups in total. The minimum Gasteiger partial charge on any atom is -0.488 e. The fourth-order valence-electron chi connectivity index (χ4n) is 2.22. The van der Waals surface area contributed by atoms with Gasteiger partial charge in [0.1, 0.15) is 23.5 Å². The van der Waals surface area contributed by atoms with E-state index < -0.39 is 0 Å². The molecule has 0 aliphatic carbocycles. The molecule has 0 fully saturated rings. The van der Waals surface area contributed by atoms with Crippen LogP contribution < -0.4 is 27.1 Å². The molecule has 7 heteroatoms. The zero-order valence-electron chi connectivity index (χ0n) is 10.8. The molecule has 0 bridgehead atoms. The molecule has 20 heavy (non-hydrogen) atoms. The van der Waals surface area contributed by atoms with Gasteiger partial charge in [0.2, 0.25) is 5.95 Å². The number of para-hydroxylation sites is 1. The highest BCUT2D eigenvalue weighted by Crippen LogP contribution is 2.28. The van der Waals surface area contributed by atoms with Gasteiger partial charge >= 0.3 is 0 Å². The lowest BCUT2D eigenvalue weighted by Gasteiger charge is -2.13. The van der Waals surface area contributed by atoms with Crippen molar-refractivity contribution in [3.05, 3.63) is 35.9 Å². The van der Waals surface area contributed by atoms with Crippen LogP contribution in [0.2, 0.25) is 0 Å². The van der Waals surface area contributed by atoms with Gasteiger partial charge in [-0.3, -0.25) is 0 Å². The average molecular weight is 272 g/mol. The number of benzene rings is 1. The third-order valence-electron chi connectivity index (χ3n) is 3.12. The van der Waals surface area contributed by atoms with Crippen molar-refractivity contribution in [1.82, 2.24) is 9.97 Å². The van der Waals surface area contributed by atoms with Gasteiger partial charge in [0.25, 0.3) is 0 Å². The van der Waals surface area contributed by atoms with Crippen molar-refractivity contribution in [3.8, 4) is 5.75 Å². The molecule has 1 aliphatic heterocycles. The van der Waals surface area contributed by atoms with Crippen molar-refractivity contribution >= 4 is 17.6 Å². The molecule has 1 atom stereocenters. The fraction of sp³-hybridized carbons (Fsp3) is 0.231. The van der Waals surface area contributed by atoms with E-state index in [0.717, 1.165) is 12.2 Å². The van der Waals surface area contributed by atoms with Gasteiger partial charge in [-0.2, -0.15) is 9.97 Å². The number of nitrogens with zero attached hydrogens (tertiary/aromatic N) is 2. The lowest BCUT2D eigenvalue weighted by Crippen LogP contribution is -2.24. The van der Waals surface area contributed by atoms with E-state index in [1.54, 1.807) is 6.07 Å². The third-order valence-corrected chi connectivity index (χ3v) is 3.12. The second-order valence-corrected chi connectivity index (χ2v) is 4.57. The lowest BCUT2D eigenvalue weighted by atomic mass is 10.1. The molecule has 3 rings (SSSR count). The number of nitrogen functional groups attached to an aromatic ring is 2. The molecule has 0 saturated carbocycles. The summed E-state index contributed by atoms with van der Waals surface area (Å²) in [7, 11) is 0. The Labute approximate surface area is 116 Å². The van der Waals surface area contributed by atoms with Crippen molar-refractivity contribution < 1.29 is 4.74 Å². The standard InChI is InChI=1S/C13H16N6O/c14-13-17-11(6-12(18-13)19-15)16-7-9-5-8-3-1-2-4-10(8)20-9/h1-4,6,9H,5,7,15H2,(H4,14,16,17,18,19). The van der Waals surface area contributed by atoms with Crippen molar-refractivity contribution in [2.24, 2.45) is 5.84 Å². The van der Waals surface area contributed by atoms with Crippen LogP contribution in [0.3, 0.4) is 0 Å². The molecule has 1 aromatic heterocycles. The first-order valence-corrected chi connectivity index (χ1v) is 6.34. The first-order valence-electron chi connectivity index (χ1n) is 6.34. The largest absolute Gasteiger partial charge is 0.488 e. The van der Waals surface area contributed by atoms with E-state index >= 15 is 0 Å². The summed E-state index contributed by atoms with van der Waals surface area (Å²) in [5, 5.41) is 3.19. The van der Waals surface area contributed by atoms with Crippen LogP contribution in [0.5, 0.6) is 5.75 Å². The minimum absolute atomic E-state index is 0.0814. The zero-order valence-corrected chi connectivity index (χ0v) is 10.8. The van der Waals surface area contributed by atoms with Crippen LogP contribution in [0, 0.1) is 0 Å². The molecule has 1 aromatic carbocycles. The molecule has 0 saturated heterocycles. The second-order valence-electron chi connectivity index (χ2n) is 4.57. The first-order chi connectivity index (χ1) is 9.74. The van der Waals surface area contributed by atoms with E-state index in [9.17, 15) is 0 Å². The zero-order chi connectivity index (χ0) is 13.9. The third kappa shape index (κ3) is 2.57. The highest BCUT2D eigenvalue weighted by atomic mass is 16.5. The van der Waals surface area contributed by atoms with Gasteiger partial charge in [0, 0.05) is 12.5 Å². The van der Waals surface area contributed by atoms with E-state index in [4.69, 9.17) is 16.3 Å². The smallest absolute Gasteiger partial charge is 0.223 e. The fourth-order valence-corrected chi connectivity index (χ4v) is 2.22. The summed E-state index contributed by atoms with van der Waals surface area (Å²) in [6.45, 7) is 0.634. The van der Waals surface area contributed by atoms with E-state index in [1.807, 2.05) is 18.2 Å². The maximum atomic E-state index is 5.84. The number of nitrogens with two attached hydrogens (primary N) is 2. The van der Waals surface area contributed by atoms with Crippen LogP contribution in [0.15, 0.2) is 30.3 Å². The molecule has 0 amide bonds. The predicted octanol–water partition coefficient (Wildman–Crippen LogP) is 0.760. The number of aromatic nitrogens is 2. The number of hydrogen-bond acceptors (Lipinski definition) is 7. The van der Waals surface area contributed by atoms with Gasteiger partial charge in [0.15, 0.2) is 0 Å². The Balaban J connectivity index is 1.63. The van der Waals surface area contributed by atoms with Crippen molar-refractivity contribution in [2.75, 3.05) is 23.0 Å². The number of anilines is 3. The molecule has 1 aliphatic rings. The molecule has 1 unspecified atom stereocenters. The first kappa shape index (κ1) is 12.5. The minimum atomic E-state index is 0.0814.